The van der Waals surface area contributed by atoms with Crippen molar-refractivity contribution in [1.29, 1.82) is 0 Å². The summed E-state index contributed by atoms with van der Waals surface area (Å²) in [6.07, 6.45) is 1.88. The molecule has 0 aliphatic carbocycles. The molecule has 0 bridgehead atoms. The van der Waals surface area contributed by atoms with Crippen LogP contribution >= 0.6 is 11.6 Å². The van der Waals surface area contributed by atoms with Gasteiger partial charge in [-0.05, 0) is 30.5 Å². The molecule has 1 aliphatic heterocycles. The van der Waals surface area contributed by atoms with Crippen molar-refractivity contribution in [1.82, 2.24) is 5.16 Å². The van der Waals surface area contributed by atoms with Crippen LogP contribution < -0.4 is 5.73 Å². The van der Waals surface area contributed by atoms with Crippen LogP contribution in [0.2, 0.25) is 5.02 Å². The number of anilines is 1. The van der Waals surface area contributed by atoms with Crippen LogP contribution in [0.5, 0.6) is 0 Å². The van der Waals surface area contributed by atoms with E-state index in [1.165, 1.54) is 0 Å². The second kappa shape index (κ2) is 5.23. The Labute approximate surface area is 116 Å². The number of nitrogens with zero attached hydrogens (tertiary/aromatic N) is 1. The Morgan fingerprint density at radius 3 is 2.53 bits per heavy atom. The largest absolute Gasteiger partial charge is 0.381 e. The van der Waals surface area contributed by atoms with Crippen LogP contribution in [-0.2, 0) is 4.74 Å². The molecule has 1 saturated heterocycles. The summed E-state index contributed by atoms with van der Waals surface area (Å²) in [5, 5.41) is 4.62. The lowest BCUT2D eigenvalue weighted by Crippen LogP contribution is -2.14. The number of halogens is 1. The van der Waals surface area contributed by atoms with E-state index in [4.69, 9.17) is 26.6 Å². The Hall–Kier alpha value is -1.52. The molecular formula is C14H15ClN2O2. The van der Waals surface area contributed by atoms with E-state index in [1.54, 1.807) is 0 Å². The minimum absolute atomic E-state index is 0.323. The Kier molecular flexibility index (Phi) is 3.44. The lowest BCUT2D eigenvalue weighted by molar-refractivity contribution is 0.0792. The quantitative estimate of drug-likeness (QED) is 0.914. The highest BCUT2D eigenvalue weighted by Gasteiger charge is 2.26. The van der Waals surface area contributed by atoms with E-state index < -0.39 is 0 Å². The molecule has 2 aromatic rings. The van der Waals surface area contributed by atoms with E-state index >= 15 is 0 Å². The van der Waals surface area contributed by atoms with Crippen molar-refractivity contribution < 1.29 is 9.26 Å². The molecule has 1 aromatic carbocycles. The minimum Gasteiger partial charge on any atom is -0.381 e. The zero-order valence-corrected chi connectivity index (χ0v) is 11.2. The molecule has 1 aliphatic rings. The highest BCUT2D eigenvalue weighted by atomic mass is 35.5. The molecule has 2 heterocycles. The van der Waals surface area contributed by atoms with E-state index in [1.807, 2.05) is 24.3 Å². The van der Waals surface area contributed by atoms with E-state index in [9.17, 15) is 0 Å². The van der Waals surface area contributed by atoms with Gasteiger partial charge >= 0.3 is 0 Å². The van der Waals surface area contributed by atoms with E-state index in [0.717, 1.165) is 42.9 Å². The van der Waals surface area contributed by atoms with Gasteiger partial charge in [-0.1, -0.05) is 28.9 Å². The molecule has 19 heavy (non-hydrogen) atoms. The molecule has 5 heteroatoms. The van der Waals surface area contributed by atoms with E-state index in [-0.39, 0.29) is 0 Å². The maximum absolute atomic E-state index is 5.95. The second-order valence-electron chi connectivity index (χ2n) is 4.70. The Balaban J connectivity index is 2.00. The molecular weight excluding hydrogens is 264 g/mol. The average molecular weight is 279 g/mol. The predicted octanol–water partition coefficient (Wildman–Crippen LogP) is 3.47. The monoisotopic (exact) mass is 278 g/mol. The van der Waals surface area contributed by atoms with Crippen LogP contribution in [0.4, 0.5) is 5.82 Å². The summed E-state index contributed by atoms with van der Waals surface area (Å²) in [5.74, 6) is 1.62. The van der Waals surface area contributed by atoms with Gasteiger partial charge in [-0.25, -0.2) is 0 Å². The number of nitrogen functional groups attached to an aromatic ring is 1. The molecule has 0 atom stereocenters. The molecule has 1 aromatic heterocycles. The van der Waals surface area contributed by atoms with Crippen molar-refractivity contribution in [2.24, 2.45) is 0 Å². The van der Waals surface area contributed by atoms with Gasteiger partial charge in [0, 0.05) is 24.2 Å². The van der Waals surface area contributed by atoms with Gasteiger partial charge in [0.25, 0.3) is 0 Å². The number of ether oxygens (including phenoxy) is 1. The Morgan fingerprint density at radius 2 is 1.84 bits per heavy atom. The number of hydrogen-bond donors (Lipinski definition) is 1. The van der Waals surface area contributed by atoms with Crippen molar-refractivity contribution in [3.63, 3.8) is 0 Å². The zero-order chi connectivity index (χ0) is 13.2. The molecule has 3 rings (SSSR count). The normalized spacial score (nSPS) is 16.7. The van der Waals surface area contributed by atoms with Gasteiger partial charge in [-0.3, -0.25) is 0 Å². The summed E-state index contributed by atoms with van der Waals surface area (Å²) < 4.78 is 10.8. The highest BCUT2D eigenvalue weighted by Crippen LogP contribution is 2.38. The number of hydrogen-bond acceptors (Lipinski definition) is 4. The summed E-state index contributed by atoms with van der Waals surface area (Å²) in [5.41, 5.74) is 7.83. The first kappa shape index (κ1) is 12.5. The standard InChI is InChI=1S/C14H15ClN2O2/c15-11-3-1-9(2-4-11)12-13(19-17-14(12)16)10-5-7-18-8-6-10/h1-4,10H,5-8H2,(H2,16,17). The molecule has 0 radical (unpaired) electrons. The molecule has 4 nitrogen and oxygen atoms in total. The van der Waals surface area contributed by atoms with Crippen LogP contribution in [0.15, 0.2) is 28.8 Å². The predicted molar refractivity (Wildman–Crippen MR) is 74.2 cm³/mol. The van der Waals surface area contributed by atoms with Gasteiger partial charge in [0.1, 0.15) is 5.76 Å². The topological polar surface area (TPSA) is 61.3 Å². The molecule has 0 saturated carbocycles. The minimum atomic E-state index is 0.323. The summed E-state index contributed by atoms with van der Waals surface area (Å²) in [4.78, 5) is 0. The molecule has 0 spiro atoms. The first-order chi connectivity index (χ1) is 9.25. The van der Waals surface area contributed by atoms with Gasteiger partial charge in [0.05, 0.1) is 5.56 Å². The molecule has 0 unspecified atom stereocenters. The van der Waals surface area contributed by atoms with E-state index in [2.05, 4.69) is 5.16 Å². The maximum atomic E-state index is 5.95. The fourth-order valence-electron chi connectivity index (χ4n) is 2.46. The second-order valence-corrected chi connectivity index (χ2v) is 5.14. The SMILES string of the molecule is Nc1noc(C2CCOCC2)c1-c1ccc(Cl)cc1. The first-order valence-corrected chi connectivity index (χ1v) is 6.72. The van der Waals surface area contributed by atoms with Gasteiger partial charge in [-0.2, -0.15) is 0 Å². The molecule has 2 N–H and O–H groups in total. The zero-order valence-electron chi connectivity index (χ0n) is 10.4. The third-order valence-electron chi connectivity index (χ3n) is 3.47. The average Bonchev–Trinajstić information content (AvgIpc) is 2.83. The third-order valence-corrected chi connectivity index (χ3v) is 3.72. The van der Waals surface area contributed by atoms with Gasteiger partial charge in [0.2, 0.25) is 0 Å². The number of benzene rings is 1. The van der Waals surface area contributed by atoms with Crippen molar-refractivity contribution >= 4 is 17.4 Å². The van der Waals surface area contributed by atoms with Crippen molar-refractivity contribution in [3.05, 3.63) is 35.0 Å². The lowest BCUT2D eigenvalue weighted by atomic mass is 9.92. The summed E-state index contributed by atoms with van der Waals surface area (Å²) >= 11 is 5.91. The summed E-state index contributed by atoms with van der Waals surface area (Å²) in [6.45, 7) is 1.51. The molecule has 1 fully saturated rings. The highest BCUT2D eigenvalue weighted by molar-refractivity contribution is 6.30. The number of rotatable bonds is 2. The van der Waals surface area contributed by atoms with Gasteiger partial charge in [-0.15, -0.1) is 0 Å². The summed E-state index contributed by atoms with van der Waals surface area (Å²) in [7, 11) is 0. The van der Waals surface area contributed by atoms with Crippen LogP contribution in [0.25, 0.3) is 11.1 Å². The summed E-state index contributed by atoms with van der Waals surface area (Å²) in [6, 6.07) is 7.57. The van der Waals surface area contributed by atoms with Crippen LogP contribution in [-0.4, -0.2) is 18.4 Å². The molecule has 100 valence electrons. The van der Waals surface area contributed by atoms with Crippen LogP contribution in [0.3, 0.4) is 0 Å². The van der Waals surface area contributed by atoms with Gasteiger partial charge in [0.15, 0.2) is 5.82 Å². The molecule has 0 amide bonds. The van der Waals surface area contributed by atoms with Crippen LogP contribution in [0, 0.1) is 0 Å². The van der Waals surface area contributed by atoms with Crippen molar-refractivity contribution in [2.45, 2.75) is 18.8 Å². The fourth-order valence-corrected chi connectivity index (χ4v) is 2.59. The Morgan fingerprint density at radius 1 is 1.16 bits per heavy atom. The van der Waals surface area contributed by atoms with Gasteiger partial charge < -0.3 is 15.0 Å². The third kappa shape index (κ3) is 2.46. The smallest absolute Gasteiger partial charge is 0.175 e. The Bertz CT molecular complexity index is 559. The number of nitrogens with two attached hydrogens (primary N) is 1. The fraction of sp³-hybridized carbons (Fsp3) is 0.357. The number of aromatic nitrogens is 1. The van der Waals surface area contributed by atoms with Crippen molar-refractivity contribution in [2.75, 3.05) is 18.9 Å². The van der Waals surface area contributed by atoms with Crippen molar-refractivity contribution in [3.8, 4) is 11.1 Å². The van der Waals surface area contributed by atoms with E-state index in [0.29, 0.717) is 16.8 Å². The maximum Gasteiger partial charge on any atom is 0.175 e. The first-order valence-electron chi connectivity index (χ1n) is 6.34. The van der Waals surface area contributed by atoms with Crippen LogP contribution in [0.1, 0.15) is 24.5 Å². The lowest BCUT2D eigenvalue weighted by Gasteiger charge is -2.20.